The van der Waals surface area contributed by atoms with E-state index in [0.29, 0.717) is 49.5 Å². The Kier molecular flexibility index (Phi) is 6.17. The summed E-state index contributed by atoms with van der Waals surface area (Å²) in [5.74, 6) is 0.547. The zero-order chi connectivity index (χ0) is 16.9. The maximum atomic E-state index is 12.7. The molecular weight excluding hydrogens is 338 g/mol. The minimum atomic E-state index is -3.56. The average Bonchev–Trinajstić information content (AvgIpc) is 2.57. The lowest BCUT2D eigenvalue weighted by Gasteiger charge is -2.26. The lowest BCUT2D eigenvalue weighted by Crippen LogP contribution is -2.40. The van der Waals surface area contributed by atoms with Crippen LogP contribution < -0.4 is 15.4 Å². The van der Waals surface area contributed by atoms with Gasteiger partial charge >= 0.3 is 0 Å². The highest BCUT2D eigenvalue weighted by molar-refractivity contribution is 7.89. The number of rotatable bonds is 5. The number of morpholine rings is 1. The molecule has 1 heterocycles. The van der Waals surface area contributed by atoms with E-state index in [9.17, 15) is 8.42 Å². The predicted octanol–water partition coefficient (Wildman–Crippen LogP) is 1.02. The molecule has 0 unspecified atom stereocenters. The van der Waals surface area contributed by atoms with Crippen molar-refractivity contribution in [3.63, 3.8) is 0 Å². The lowest BCUT2D eigenvalue weighted by atomic mass is 10.3. The van der Waals surface area contributed by atoms with Gasteiger partial charge in [0.1, 0.15) is 5.75 Å². The number of benzene rings is 1. The molecule has 0 spiro atoms. The van der Waals surface area contributed by atoms with Crippen molar-refractivity contribution in [2.45, 2.75) is 11.8 Å². The van der Waals surface area contributed by atoms with Crippen LogP contribution in [0.5, 0.6) is 5.75 Å². The van der Waals surface area contributed by atoms with Crippen molar-refractivity contribution in [1.82, 2.24) is 9.62 Å². The van der Waals surface area contributed by atoms with Crippen LogP contribution in [0.2, 0.25) is 0 Å². The molecular formula is C14H21N3O4S2. The zero-order valence-electron chi connectivity index (χ0n) is 13.2. The molecule has 0 bridgehead atoms. The molecule has 0 aromatic heterocycles. The molecule has 0 aliphatic carbocycles. The Morgan fingerprint density at radius 2 is 2.09 bits per heavy atom. The van der Waals surface area contributed by atoms with Gasteiger partial charge in [-0.1, -0.05) is 0 Å². The fourth-order valence-corrected chi connectivity index (χ4v) is 3.71. The Morgan fingerprint density at radius 1 is 1.39 bits per heavy atom. The zero-order valence-corrected chi connectivity index (χ0v) is 14.8. The van der Waals surface area contributed by atoms with E-state index in [4.69, 9.17) is 21.7 Å². The Bertz CT molecular complexity index is 658. The molecule has 1 aromatic carbocycles. The Balaban J connectivity index is 2.34. The van der Waals surface area contributed by atoms with Crippen LogP contribution in [0.4, 0.5) is 5.69 Å². The van der Waals surface area contributed by atoms with E-state index in [-0.39, 0.29) is 4.90 Å². The molecule has 2 N–H and O–H groups in total. The summed E-state index contributed by atoms with van der Waals surface area (Å²) in [7, 11) is -1.88. The fraction of sp³-hybridized carbons (Fsp3) is 0.500. The molecule has 7 nitrogen and oxygen atoms in total. The molecule has 1 aliphatic heterocycles. The van der Waals surface area contributed by atoms with Crippen LogP contribution in [0.25, 0.3) is 0 Å². The summed E-state index contributed by atoms with van der Waals surface area (Å²) < 4.78 is 37.6. The number of anilines is 1. The van der Waals surface area contributed by atoms with Crippen LogP contribution in [0, 0.1) is 0 Å². The first-order chi connectivity index (χ1) is 11.0. The normalized spacial score (nSPS) is 15.9. The third-order valence-electron chi connectivity index (χ3n) is 3.33. The topological polar surface area (TPSA) is 79.9 Å². The van der Waals surface area contributed by atoms with E-state index < -0.39 is 10.0 Å². The van der Waals surface area contributed by atoms with Crippen LogP contribution in [-0.4, -0.2) is 57.8 Å². The number of nitrogens with one attached hydrogen (secondary N) is 2. The van der Waals surface area contributed by atoms with Crippen molar-refractivity contribution < 1.29 is 17.9 Å². The molecule has 1 aliphatic rings. The second kappa shape index (κ2) is 7.91. The standard InChI is InChI=1S/C14H21N3O4S2/c1-3-21-13-5-4-11(10-12(13)16-14(22)15-2)23(18,19)17-6-8-20-9-7-17/h4-5,10H,3,6-9H2,1-2H3,(H2,15,16,22). The largest absolute Gasteiger partial charge is 0.492 e. The highest BCUT2D eigenvalue weighted by Crippen LogP contribution is 2.29. The van der Waals surface area contributed by atoms with Crippen molar-refractivity contribution in [2.75, 3.05) is 45.3 Å². The highest BCUT2D eigenvalue weighted by Gasteiger charge is 2.27. The smallest absolute Gasteiger partial charge is 0.243 e. The lowest BCUT2D eigenvalue weighted by molar-refractivity contribution is 0.0730. The summed E-state index contributed by atoms with van der Waals surface area (Å²) in [6.07, 6.45) is 0. The fourth-order valence-electron chi connectivity index (χ4n) is 2.17. The van der Waals surface area contributed by atoms with Gasteiger partial charge in [0.2, 0.25) is 10.0 Å². The first-order valence-electron chi connectivity index (χ1n) is 7.32. The van der Waals surface area contributed by atoms with E-state index in [1.54, 1.807) is 25.2 Å². The van der Waals surface area contributed by atoms with Gasteiger partial charge in [0.05, 0.1) is 30.4 Å². The van der Waals surface area contributed by atoms with E-state index >= 15 is 0 Å². The third kappa shape index (κ3) is 4.31. The van der Waals surface area contributed by atoms with Crippen LogP contribution in [0.15, 0.2) is 23.1 Å². The predicted molar refractivity (Wildman–Crippen MR) is 92.5 cm³/mol. The van der Waals surface area contributed by atoms with Gasteiger partial charge in [-0.25, -0.2) is 8.42 Å². The van der Waals surface area contributed by atoms with Gasteiger partial charge in [-0.15, -0.1) is 0 Å². The monoisotopic (exact) mass is 359 g/mol. The molecule has 23 heavy (non-hydrogen) atoms. The minimum Gasteiger partial charge on any atom is -0.492 e. The Morgan fingerprint density at radius 3 is 2.70 bits per heavy atom. The van der Waals surface area contributed by atoms with Crippen molar-refractivity contribution in [2.24, 2.45) is 0 Å². The molecule has 0 radical (unpaired) electrons. The molecule has 0 atom stereocenters. The van der Waals surface area contributed by atoms with Gasteiger partial charge in [-0.3, -0.25) is 0 Å². The van der Waals surface area contributed by atoms with E-state index in [1.807, 2.05) is 6.92 Å². The Hall–Kier alpha value is -1.42. The summed E-state index contributed by atoms with van der Waals surface area (Å²) in [5, 5.41) is 6.12. The van der Waals surface area contributed by atoms with Crippen LogP contribution in [-0.2, 0) is 14.8 Å². The average molecular weight is 359 g/mol. The molecule has 1 saturated heterocycles. The molecule has 2 rings (SSSR count). The number of hydrogen-bond acceptors (Lipinski definition) is 5. The van der Waals surface area contributed by atoms with Gasteiger partial charge in [-0.05, 0) is 37.3 Å². The van der Waals surface area contributed by atoms with Crippen molar-refractivity contribution in [1.29, 1.82) is 0 Å². The number of hydrogen-bond donors (Lipinski definition) is 2. The molecule has 9 heteroatoms. The first-order valence-corrected chi connectivity index (χ1v) is 9.17. The van der Waals surface area contributed by atoms with Gasteiger partial charge in [-0.2, -0.15) is 4.31 Å². The molecule has 1 fully saturated rings. The summed E-state index contributed by atoms with van der Waals surface area (Å²) >= 11 is 5.09. The van der Waals surface area contributed by atoms with Crippen molar-refractivity contribution in [3.8, 4) is 5.75 Å². The maximum absolute atomic E-state index is 12.7. The Labute approximate surface area is 142 Å². The van der Waals surface area contributed by atoms with Gasteiger partial charge in [0.15, 0.2) is 5.11 Å². The second-order valence-electron chi connectivity index (χ2n) is 4.81. The molecule has 0 amide bonds. The van der Waals surface area contributed by atoms with E-state index in [2.05, 4.69) is 10.6 Å². The van der Waals surface area contributed by atoms with Crippen molar-refractivity contribution in [3.05, 3.63) is 18.2 Å². The maximum Gasteiger partial charge on any atom is 0.243 e. The minimum absolute atomic E-state index is 0.198. The third-order valence-corrected chi connectivity index (χ3v) is 5.53. The SMILES string of the molecule is CCOc1ccc(S(=O)(=O)N2CCOCC2)cc1NC(=S)NC. The van der Waals surface area contributed by atoms with Crippen LogP contribution in [0.1, 0.15) is 6.92 Å². The van der Waals surface area contributed by atoms with Gasteiger partial charge in [0, 0.05) is 20.1 Å². The van der Waals surface area contributed by atoms with Gasteiger partial charge in [0.25, 0.3) is 0 Å². The summed E-state index contributed by atoms with van der Waals surface area (Å²) in [6.45, 7) is 3.85. The second-order valence-corrected chi connectivity index (χ2v) is 7.16. The summed E-state index contributed by atoms with van der Waals surface area (Å²) in [4.78, 5) is 0.198. The first kappa shape index (κ1) is 17.9. The number of nitrogens with zero attached hydrogens (tertiary/aromatic N) is 1. The van der Waals surface area contributed by atoms with Crippen molar-refractivity contribution >= 4 is 33.0 Å². The molecule has 0 saturated carbocycles. The highest BCUT2D eigenvalue weighted by atomic mass is 32.2. The number of thiocarbonyl (C=S) groups is 1. The van der Waals surface area contributed by atoms with Gasteiger partial charge < -0.3 is 20.1 Å². The molecule has 128 valence electrons. The van der Waals surface area contributed by atoms with Crippen LogP contribution in [0.3, 0.4) is 0 Å². The number of sulfonamides is 1. The number of ether oxygens (including phenoxy) is 2. The summed E-state index contributed by atoms with van der Waals surface area (Å²) in [6, 6.07) is 4.72. The quantitative estimate of drug-likeness (QED) is 0.760. The van der Waals surface area contributed by atoms with Crippen LogP contribution >= 0.6 is 12.2 Å². The summed E-state index contributed by atoms with van der Waals surface area (Å²) in [5.41, 5.74) is 0.514. The van der Waals surface area contributed by atoms with E-state index in [1.165, 1.54) is 4.31 Å². The van der Waals surface area contributed by atoms with E-state index in [0.717, 1.165) is 0 Å². The molecule has 1 aromatic rings.